The Morgan fingerprint density at radius 2 is 2.00 bits per heavy atom. The van der Waals surface area contributed by atoms with E-state index in [0.717, 1.165) is 12.1 Å². The van der Waals surface area contributed by atoms with Crippen molar-refractivity contribution in [2.45, 2.75) is 32.2 Å². The summed E-state index contributed by atoms with van der Waals surface area (Å²) >= 11 is 0. The highest BCUT2D eigenvalue weighted by Crippen LogP contribution is 2.26. The summed E-state index contributed by atoms with van der Waals surface area (Å²) in [6.07, 6.45) is 1.56. The van der Waals surface area contributed by atoms with Gasteiger partial charge in [-0.1, -0.05) is 19.1 Å². The van der Waals surface area contributed by atoms with Crippen molar-refractivity contribution < 1.29 is 18.0 Å². The Morgan fingerprint density at radius 1 is 1.29 bits per heavy atom. The van der Waals surface area contributed by atoms with Gasteiger partial charge in [-0.3, -0.25) is 9.59 Å². The third-order valence-corrected chi connectivity index (χ3v) is 6.50. The summed E-state index contributed by atoms with van der Waals surface area (Å²) in [6, 6.07) is 7.45. The molecule has 2 saturated heterocycles. The van der Waals surface area contributed by atoms with Crippen LogP contribution in [0.5, 0.6) is 0 Å². The van der Waals surface area contributed by atoms with Crippen LogP contribution in [0.15, 0.2) is 24.3 Å². The Hall–Kier alpha value is -1.89. The van der Waals surface area contributed by atoms with Gasteiger partial charge < -0.3 is 10.2 Å². The van der Waals surface area contributed by atoms with E-state index >= 15 is 0 Å². The molecule has 2 atom stereocenters. The van der Waals surface area contributed by atoms with Crippen LogP contribution < -0.4 is 10.2 Å². The molecule has 2 aliphatic rings. The first-order chi connectivity index (χ1) is 11.4. The fraction of sp³-hybridized carbons (Fsp3) is 0.529. The smallest absolute Gasteiger partial charge is 0.227 e. The molecule has 0 aromatic heterocycles. The first kappa shape index (κ1) is 17.0. The summed E-state index contributed by atoms with van der Waals surface area (Å²) < 4.78 is 22.9. The first-order valence-corrected chi connectivity index (χ1v) is 10.1. The molecule has 3 rings (SSSR count). The highest BCUT2D eigenvalue weighted by molar-refractivity contribution is 7.91. The number of rotatable bonds is 4. The summed E-state index contributed by atoms with van der Waals surface area (Å²) in [5, 5.41) is 2.79. The molecule has 0 radical (unpaired) electrons. The lowest BCUT2D eigenvalue weighted by Crippen LogP contribution is -2.40. The minimum atomic E-state index is -3.03. The molecular weight excluding hydrogens is 328 g/mol. The summed E-state index contributed by atoms with van der Waals surface area (Å²) in [7, 11) is -3.03. The largest absolute Gasteiger partial charge is 0.352 e. The van der Waals surface area contributed by atoms with Gasteiger partial charge >= 0.3 is 0 Å². The van der Waals surface area contributed by atoms with E-state index in [0.29, 0.717) is 13.0 Å². The van der Waals surface area contributed by atoms with E-state index in [2.05, 4.69) is 12.2 Å². The van der Waals surface area contributed by atoms with Crippen molar-refractivity contribution in [2.75, 3.05) is 23.0 Å². The van der Waals surface area contributed by atoms with Gasteiger partial charge in [0.2, 0.25) is 11.8 Å². The van der Waals surface area contributed by atoms with Crippen LogP contribution in [0.1, 0.15) is 25.3 Å². The van der Waals surface area contributed by atoms with Gasteiger partial charge in [-0.2, -0.15) is 0 Å². The fourth-order valence-corrected chi connectivity index (χ4v) is 4.95. The van der Waals surface area contributed by atoms with Crippen LogP contribution in [-0.2, 0) is 25.8 Å². The molecule has 1 aromatic carbocycles. The number of hydrogen-bond donors (Lipinski definition) is 1. The predicted molar refractivity (Wildman–Crippen MR) is 91.5 cm³/mol. The molecule has 2 aliphatic heterocycles. The molecule has 24 heavy (non-hydrogen) atoms. The topological polar surface area (TPSA) is 83.6 Å². The molecule has 6 nitrogen and oxygen atoms in total. The first-order valence-electron chi connectivity index (χ1n) is 8.28. The summed E-state index contributed by atoms with van der Waals surface area (Å²) in [6.45, 7) is 2.41. The molecule has 0 aliphatic carbocycles. The van der Waals surface area contributed by atoms with Crippen molar-refractivity contribution in [3.63, 3.8) is 0 Å². The zero-order chi connectivity index (χ0) is 17.3. The maximum Gasteiger partial charge on any atom is 0.227 e. The van der Waals surface area contributed by atoms with Crippen molar-refractivity contribution >= 4 is 27.3 Å². The average Bonchev–Trinajstić information content (AvgIpc) is 3.10. The molecule has 2 unspecified atom stereocenters. The van der Waals surface area contributed by atoms with Gasteiger partial charge in [-0.15, -0.1) is 0 Å². The van der Waals surface area contributed by atoms with Crippen LogP contribution in [0.2, 0.25) is 0 Å². The molecule has 0 saturated carbocycles. The van der Waals surface area contributed by atoms with Crippen LogP contribution in [0.25, 0.3) is 0 Å². The number of sulfone groups is 1. The second-order valence-electron chi connectivity index (χ2n) is 6.53. The molecule has 2 fully saturated rings. The SMILES string of the molecule is CCc1ccc(N2CC(C(=O)NC3CCS(=O)(=O)C3)CC2=O)cc1. The van der Waals surface area contributed by atoms with Gasteiger partial charge in [0.15, 0.2) is 9.84 Å². The summed E-state index contributed by atoms with van der Waals surface area (Å²) in [4.78, 5) is 26.2. The highest BCUT2D eigenvalue weighted by Gasteiger charge is 2.37. The van der Waals surface area contributed by atoms with Crippen molar-refractivity contribution in [1.82, 2.24) is 5.32 Å². The summed E-state index contributed by atoms with van der Waals surface area (Å²) in [5.74, 6) is -0.595. The van der Waals surface area contributed by atoms with E-state index in [1.807, 2.05) is 24.3 Å². The molecule has 0 bridgehead atoms. The van der Waals surface area contributed by atoms with Crippen LogP contribution >= 0.6 is 0 Å². The standard InChI is InChI=1S/C17H22N2O4S/c1-2-12-3-5-15(6-4-12)19-10-13(9-16(19)20)17(21)18-14-7-8-24(22,23)11-14/h3-6,13-14H,2,7-11H2,1H3,(H,18,21). The number of nitrogens with zero attached hydrogens (tertiary/aromatic N) is 1. The Morgan fingerprint density at radius 3 is 2.58 bits per heavy atom. The fourth-order valence-electron chi connectivity index (χ4n) is 3.27. The number of carbonyl (C=O) groups excluding carboxylic acids is 2. The van der Waals surface area contributed by atoms with Gasteiger partial charge in [0.05, 0.1) is 17.4 Å². The molecule has 1 N–H and O–H groups in total. The molecule has 1 aromatic rings. The van der Waals surface area contributed by atoms with E-state index in [1.54, 1.807) is 4.90 Å². The van der Waals surface area contributed by atoms with Gasteiger partial charge in [0.25, 0.3) is 0 Å². The number of amides is 2. The highest BCUT2D eigenvalue weighted by atomic mass is 32.2. The number of nitrogens with one attached hydrogen (secondary N) is 1. The monoisotopic (exact) mass is 350 g/mol. The van der Waals surface area contributed by atoms with Crippen molar-refractivity contribution in [3.8, 4) is 0 Å². The van der Waals surface area contributed by atoms with Crippen molar-refractivity contribution in [3.05, 3.63) is 29.8 Å². The Bertz CT molecular complexity index is 742. The van der Waals surface area contributed by atoms with E-state index in [-0.39, 0.29) is 35.8 Å². The number of aryl methyl sites for hydroxylation is 1. The number of carbonyl (C=O) groups is 2. The molecule has 2 heterocycles. The van der Waals surface area contributed by atoms with E-state index in [4.69, 9.17) is 0 Å². The minimum Gasteiger partial charge on any atom is -0.352 e. The van der Waals surface area contributed by atoms with Gasteiger partial charge in [-0.05, 0) is 30.5 Å². The second-order valence-corrected chi connectivity index (χ2v) is 8.76. The zero-order valence-corrected chi connectivity index (χ0v) is 14.5. The van der Waals surface area contributed by atoms with Crippen LogP contribution in [0.3, 0.4) is 0 Å². The Kier molecular flexibility index (Phi) is 4.62. The van der Waals surface area contributed by atoms with E-state index in [9.17, 15) is 18.0 Å². The average molecular weight is 350 g/mol. The second kappa shape index (κ2) is 6.55. The van der Waals surface area contributed by atoms with Crippen LogP contribution in [0.4, 0.5) is 5.69 Å². The number of benzene rings is 1. The minimum absolute atomic E-state index is 0.00159. The normalized spacial score (nSPS) is 25.9. The van der Waals surface area contributed by atoms with Crippen molar-refractivity contribution in [1.29, 1.82) is 0 Å². The van der Waals surface area contributed by atoms with Gasteiger partial charge in [-0.25, -0.2) is 8.42 Å². The molecular formula is C17H22N2O4S. The number of anilines is 1. The van der Waals surface area contributed by atoms with Gasteiger partial charge in [0.1, 0.15) is 0 Å². The third-order valence-electron chi connectivity index (χ3n) is 4.73. The quantitative estimate of drug-likeness (QED) is 0.875. The Labute approximate surface area is 142 Å². The lowest BCUT2D eigenvalue weighted by molar-refractivity contribution is -0.126. The van der Waals surface area contributed by atoms with E-state index in [1.165, 1.54) is 5.56 Å². The predicted octanol–water partition coefficient (Wildman–Crippen LogP) is 0.905. The Balaban J connectivity index is 1.62. The lowest BCUT2D eigenvalue weighted by atomic mass is 10.1. The maximum absolute atomic E-state index is 12.4. The molecule has 2 amide bonds. The van der Waals surface area contributed by atoms with Crippen molar-refractivity contribution in [2.24, 2.45) is 5.92 Å². The van der Waals surface area contributed by atoms with Crippen LogP contribution in [-0.4, -0.2) is 44.3 Å². The summed E-state index contributed by atoms with van der Waals surface area (Å²) in [5.41, 5.74) is 2.00. The number of hydrogen-bond acceptors (Lipinski definition) is 4. The lowest BCUT2D eigenvalue weighted by Gasteiger charge is -2.18. The molecule has 130 valence electrons. The van der Waals surface area contributed by atoms with Crippen LogP contribution in [0, 0.1) is 5.92 Å². The maximum atomic E-state index is 12.4. The van der Waals surface area contributed by atoms with Gasteiger partial charge in [0, 0.05) is 24.7 Å². The molecule has 0 spiro atoms. The van der Waals surface area contributed by atoms with E-state index < -0.39 is 15.8 Å². The third kappa shape index (κ3) is 3.61. The molecule has 7 heteroatoms. The zero-order valence-electron chi connectivity index (χ0n) is 13.7.